The Morgan fingerprint density at radius 1 is 1.33 bits per heavy atom. The predicted octanol–water partition coefficient (Wildman–Crippen LogP) is 3.19. The minimum atomic E-state index is -0.416. The first-order chi connectivity index (χ1) is 11.4. The van der Waals surface area contributed by atoms with Gasteiger partial charge < -0.3 is 5.73 Å². The zero-order valence-corrected chi connectivity index (χ0v) is 15.1. The van der Waals surface area contributed by atoms with Crippen LogP contribution >= 0.6 is 27.5 Å². The van der Waals surface area contributed by atoms with Gasteiger partial charge in [-0.1, -0.05) is 40.5 Å². The fraction of sp³-hybridized carbons (Fsp3) is 0.267. The zero-order chi connectivity index (χ0) is 17.4. The van der Waals surface area contributed by atoms with E-state index in [2.05, 4.69) is 25.9 Å². The lowest BCUT2D eigenvalue weighted by atomic mass is 10.2. The molecule has 0 fully saturated rings. The second-order valence-electron chi connectivity index (χ2n) is 5.30. The summed E-state index contributed by atoms with van der Waals surface area (Å²) in [5.74, 6) is -0.452. The smallest absolute Gasteiger partial charge is 0.330 e. The standard InChI is InChI=1S/C15H14BrClFN5O/c1-2-5-22-11-12(17)20-14(19)21-13(11)23(15(22)24)7-8-3-4-9(16)6-10(8)18/h3-4,6H,2,5,7H2,1H3,(H2,19,20,21). The first-order valence-corrected chi connectivity index (χ1v) is 8.45. The van der Waals surface area contributed by atoms with Crippen LogP contribution in [0.2, 0.25) is 5.15 Å². The SMILES string of the molecule is CCCn1c(=O)n(Cc2ccc(Br)cc2F)c2nc(N)nc(Cl)c21. The molecule has 6 nitrogen and oxygen atoms in total. The number of imidazole rings is 1. The molecule has 3 rings (SSSR count). The molecule has 0 saturated heterocycles. The highest BCUT2D eigenvalue weighted by Gasteiger charge is 2.19. The van der Waals surface area contributed by atoms with Crippen LogP contribution in [0.1, 0.15) is 18.9 Å². The molecule has 0 spiro atoms. The van der Waals surface area contributed by atoms with Crippen molar-refractivity contribution in [1.29, 1.82) is 0 Å². The first kappa shape index (κ1) is 16.9. The average molecular weight is 415 g/mol. The number of fused-ring (bicyclic) bond motifs is 1. The van der Waals surface area contributed by atoms with E-state index in [4.69, 9.17) is 17.3 Å². The van der Waals surface area contributed by atoms with Crippen molar-refractivity contribution in [3.8, 4) is 0 Å². The van der Waals surface area contributed by atoms with E-state index in [0.29, 0.717) is 27.7 Å². The molecule has 1 aromatic carbocycles. The molecule has 0 atom stereocenters. The molecule has 126 valence electrons. The van der Waals surface area contributed by atoms with Crippen LogP contribution in [0.25, 0.3) is 11.2 Å². The van der Waals surface area contributed by atoms with Crippen molar-refractivity contribution in [2.75, 3.05) is 5.73 Å². The summed E-state index contributed by atoms with van der Waals surface area (Å²) < 4.78 is 17.6. The number of hydrogen-bond acceptors (Lipinski definition) is 4. The Balaban J connectivity index is 2.23. The Morgan fingerprint density at radius 3 is 2.75 bits per heavy atom. The van der Waals surface area contributed by atoms with Gasteiger partial charge in [0, 0.05) is 16.6 Å². The van der Waals surface area contributed by atoms with E-state index in [1.165, 1.54) is 15.2 Å². The maximum Gasteiger partial charge on any atom is 0.330 e. The number of benzene rings is 1. The van der Waals surface area contributed by atoms with Gasteiger partial charge in [-0.25, -0.2) is 9.18 Å². The molecule has 0 aliphatic heterocycles. The molecule has 3 aromatic rings. The largest absolute Gasteiger partial charge is 0.368 e. The van der Waals surface area contributed by atoms with Gasteiger partial charge in [-0.15, -0.1) is 0 Å². The van der Waals surface area contributed by atoms with Crippen LogP contribution in [0.4, 0.5) is 10.3 Å². The minimum absolute atomic E-state index is 0.0257. The zero-order valence-electron chi connectivity index (χ0n) is 12.8. The molecule has 0 unspecified atom stereocenters. The summed E-state index contributed by atoms with van der Waals surface area (Å²) in [7, 11) is 0. The van der Waals surface area contributed by atoms with Crippen molar-refractivity contribution in [2.45, 2.75) is 26.4 Å². The maximum atomic E-state index is 14.1. The molecular weight excluding hydrogens is 401 g/mol. The fourth-order valence-corrected chi connectivity index (χ4v) is 3.18. The molecule has 2 heterocycles. The number of nitrogen functional groups attached to an aromatic ring is 1. The van der Waals surface area contributed by atoms with Gasteiger partial charge in [-0.2, -0.15) is 9.97 Å². The van der Waals surface area contributed by atoms with Crippen LogP contribution in [0.3, 0.4) is 0 Å². The number of nitrogens with two attached hydrogens (primary N) is 1. The summed E-state index contributed by atoms with van der Waals surface area (Å²) >= 11 is 9.37. The van der Waals surface area contributed by atoms with E-state index < -0.39 is 5.82 Å². The predicted molar refractivity (Wildman–Crippen MR) is 94.7 cm³/mol. The van der Waals surface area contributed by atoms with Crippen molar-refractivity contribution >= 4 is 44.6 Å². The molecular formula is C15H14BrClFN5O. The number of halogens is 3. The summed E-state index contributed by atoms with van der Waals surface area (Å²) in [6.45, 7) is 2.42. The van der Waals surface area contributed by atoms with Crippen LogP contribution in [-0.4, -0.2) is 19.1 Å². The average Bonchev–Trinajstić information content (AvgIpc) is 2.76. The lowest BCUT2D eigenvalue weighted by Crippen LogP contribution is -2.25. The highest BCUT2D eigenvalue weighted by molar-refractivity contribution is 9.10. The highest BCUT2D eigenvalue weighted by Crippen LogP contribution is 2.23. The van der Waals surface area contributed by atoms with Gasteiger partial charge in [0.05, 0.1) is 6.54 Å². The Kier molecular flexibility index (Phi) is 4.60. The quantitative estimate of drug-likeness (QED) is 0.665. The van der Waals surface area contributed by atoms with Gasteiger partial charge in [0.15, 0.2) is 10.8 Å². The van der Waals surface area contributed by atoms with E-state index in [-0.39, 0.29) is 23.3 Å². The van der Waals surface area contributed by atoms with Gasteiger partial charge in [-0.05, 0) is 18.6 Å². The summed E-state index contributed by atoms with van der Waals surface area (Å²) in [6.07, 6.45) is 0.729. The summed E-state index contributed by atoms with van der Waals surface area (Å²) in [6, 6.07) is 4.67. The molecule has 2 N–H and O–H groups in total. The fourth-order valence-electron chi connectivity index (χ4n) is 2.58. The summed E-state index contributed by atoms with van der Waals surface area (Å²) in [5.41, 5.74) is 6.41. The van der Waals surface area contributed by atoms with Crippen LogP contribution in [-0.2, 0) is 13.1 Å². The topological polar surface area (TPSA) is 78.7 Å². The lowest BCUT2D eigenvalue weighted by Gasteiger charge is -2.05. The lowest BCUT2D eigenvalue weighted by molar-refractivity contribution is 0.588. The first-order valence-electron chi connectivity index (χ1n) is 7.28. The van der Waals surface area contributed by atoms with E-state index in [1.54, 1.807) is 12.1 Å². The monoisotopic (exact) mass is 413 g/mol. The van der Waals surface area contributed by atoms with Gasteiger partial charge in [-0.3, -0.25) is 9.13 Å². The molecule has 0 bridgehead atoms. The van der Waals surface area contributed by atoms with Crippen LogP contribution in [0.5, 0.6) is 0 Å². The Hall–Kier alpha value is -1.93. The number of nitrogens with zero attached hydrogens (tertiary/aromatic N) is 4. The van der Waals surface area contributed by atoms with Crippen molar-refractivity contribution in [2.24, 2.45) is 0 Å². The number of rotatable bonds is 4. The van der Waals surface area contributed by atoms with E-state index in [0.717, 1.165) is 6.42 Å². The normalized spacial score (nSPS) is 11.3. The summed E-state index contributed by atoms with van der Waals surface area (Å²) in [5, 5.41) is 0.109. The Bertz CT molecular complexity index is 984. The molecule has 2 aromatic heterocycles. The third kappa shape index (κ3) is 2.91. The van der Waals surface area contributed by atoms with Crippen molar-refractivity contribution in [3.05, 3.63) is 49.7 Å². The number of aromatic nitrogens is 4. The summed E-state index contributed by atoms with van der Waals surface area (Å²) in [4.78, 5) is 20.8. The van der Waals surface area contributed by atoms with Gasteiger partial charge in [0.2, 0.25) is 5.95 Å². The van der Waals surface area contributed by atoms with Crippen molar-refractivity contribution in [3.63, 3.8) is 0 Å². The molecule has 0 aliphatic carbocycles. The van der Waals surface area contributed by atoms with E-state index in [1.807, 2.05) is 6.92 Å². The Morgan fingerprint density at radius 2 is 2.08 bits per heavy atom. The van der Waals surface area contributed by atoms with E-state index in [9.17, 15) is 9.18 Å². The van der Waals surface area contributed by atoms with Gasteiger partial charge in [0.25, 0.3) is 0 Å². The van der Waals surface area contributed by atoms with E-state index >= 15 is 0 Å². The molecule has 0 amide bonds. The second-order valence-corrected chi connectivity index (χ2v) is 6.57. The molecule has 0 saturated carbocycles. The van der Waals surface area contributed by atoms with Crippen LogP contribution in [0, 0.1) is 5.82 Å². The van der Waals surface area contributed by atoms with Gasteiger partial charge in [0.1, 0.15) is 11.3 Å². The molecule has 0 aliphatic rings. The Labute approximate surface area is 150 Å². The number of hydrogen-bond donors (Lipinski definition) is 1. The maximum absolute atomic E-state index is 14.1. The van der Waals surface area contributed by atoms with Crippen LogP contribution in [0.15, 0.2) is 27.5 Å². The van der Waals surface area contributed by atoms with Crippen molar-refractivity contribution < 1.29 is 4.39 Å². The van der Waals surface area contributed by atoms with Crippen molar-refractivity contribution in [1.82, 2.24) is 19.1 Å². The molecule has 9 heteroatoms. The molecule has 0 radical (unpaired) electrons. The number of aryl methyl sites for hydroxylation is 1. The highest BCUT2D eigenvalue weighted by atomic mass is 79.9. The third-order valence-electron chi connectivity index (χ3n) is 3.62. The minimum Gasteiger partial charge on any atom is -0.368 e. The molecule has 24 heavy (non-hydrogen) atoms. The third-order valence-corrected chi connectivity index (χ3v) is 4.38. The van der Waals surface area contributed by atoms with Crippen LogP contribution < -0.4 is 11.4 Å². The number of anilines is 1. The second kappa shape index (κ2) is 6.52. The van der Waals surface area contributed by atoms with Gasteiger partial charge >= 0.3 is 5.69 Å².